The predicted octanol–water partition coefficient (Wildman–Crippen LogP) is 0.503. The first-order chi connectivity index (χ1) is 13.2. The van der Waals surface area contributed by atoms with Crippen molar-refractivity contribution in [2.24, 2.45) is 11.8 Å². The highest BCUT2D eigenvalue weighted by molar-refractivity contribution is 5.82. The van der Waals surface area contributed by atoms with E-state index in [1.807, 2.05) is 0 Å². The van der Waals surface area contributed by atoms with Gasteiger partial charge in [0.1, 0.15) is 6.04 Å². The fourth-order valence-electron chi connectivity index (χ4n) is 4.58. The smallest absolute Gasteiger partial charge is 0.352 e. The van der Waals surface area contributed by atoms with Gasteiger partial charge in [-0.3, -0.25) is 15.0 Å². The minimum absolute atomic E-state index is 0.0363. The quantitative estimate of drug-likeness (QED) is 0.458. The average Bonchev–Trinajstić information content (AvgIpc) is 3.06. The van der Waals surface area contributed by atoms with Crippen LogP contribution in [-0.2, 0) is 4.79 Å². The number of hydrogen-bond acceptors (Lipinski definition) is 6. The van der Waals surface area contributed by atoms with Gasteiger partial charge in [-0.1, -0.05) is 19.8 Å². The molecule has 7 nitrogen and oxygen atoms in total. The summed E-state index contributed by atoms with van der Waals surface area (Å²) in [7, 11) is 2.08. The van der Waals surface area contributed by atoms with Gasteiger partial charge in [0.2, 0.25) is 5.91 Å². The van der Waals surface area contributed by atoms with E-state index in [2.05, 4.69) is 45.7 Å². The van der Waals surface area contributed by atoms with Crippen LogP contribution in [0.25, 0.3) is 0 Å². The lowest BCUT2D eigenvalue weighted by molar-refractivity contribution is -0.161. The summed E-state index contributed by atoms with van der Waals surface area (Å²) in [5.41, 5.74) is 6.42. The van der Waals surface area contributed by atoms with E-state index in [1.165, 1.54) is 0 Å². The second-order valence-corrected chi connectivity index (χ2v) is 8.57. The summed E-state index contributed by atoms with van der Waals surface area (Å²) in [5, 5.41) is 8.17. The van der Waals surface area contributed by atoms with Crippen molar-refractivity contribution in [3.63, 3.8) is 0 Å². The molecule has 2 aliphatic heterocycles. The maximum Gasteiger partial charge on any atom is 0.405 e. The van der Waals surface area contributed by atoms with Gasteiger partial charge in [-0.25, -0.2) is 10.9 Å². The van der Waals surface area contributed by atoms with Crippen LogP contribution in [0.5, 0.6) is 0 Å². The molecule has 0 aromatic carbocycles. The van der Waals surface area contributed by atoms with E-state index in [9.17, 15) is 18.0 Å². The Morgan fingerprint density at radius 1 is 1.29 bits per heavy atom. The average molecular weight is 406 g/mol. The molecule has 0 spiro atoms. The standard InChI is InChI=1S/C18H33F3N6O/c1-11(6-16-26-23-10-27(16)2)12-4-3-5-13(7-12)24-17(28)14-8-22-9-15(25-14)18(19,20)21/h11-16,22-23,25-26H,3-10H2,1-2H3,(H,24,28)/t11-,12?,13?,14?,15?,16?/m1/s1. The zero-order chi connectivity index (χ0) is 20.3. The SMILES string of the molecule is C[C@H](CC1NNCN1C)C1CCCC(NC(=O)C2CNCC(C(F)(F)F)N2)C1. The third kappa shape index (κ3) is 5.56. The normalized spacial score (nSPS) is 36.2. The summed E-state index contributed by atoms with van der Waals surface area (Å²) in [6.45, 7) is 3.10. The number of carbonyl (C=O) groups excluding carboxylic acids is 1. The Morgan fingerprint density at radius 2 is 2.07 bits per heavy atom. The van der Waals surface area contributed by atoms with E-state index < -0.39 is 18.3 Å². The molecule has 1 saturated carbocycles. The van der Waals surface area contributed by atoms with Crippen LogP contribution >= 0.6 is 0 Å². The Kier molecular flexibility index (Phi) is 7.19. The van der Waals surface area contributed by atoms with E-state index in [1.54, 1.807) is 0 Å². The van der Waals surface area contributed by atoms with Gasteiger partial charge in [0.15, 0.2) is 0 Å². The van der Waals surface area contributed by atoms with Gasteiger partial charge in [-0.15, -0.1) is 0 Å². The van der Waals surface area contributed by atoms with Crippen molar-refractivity contribution in [2.45, 2.75) is 69.5 Å². The molecule has 10 heteroatoms. The van der Waals surface area contributed by atoms with Crippen LogP contribution in [0, 0.1) is 11.8 Å². The van der Waals surface area contributed by atoms with Gasteiger partial charge in [0, 0.05) is 19.1 Å². The molecule has 3 rings (SSSR count). The van der Waals surface area contributed by atoms with Crippen molar-refractivity contribution >= 4 is 5.91 Å². The van der Waals surface area contributed by atoms with Crippen molar-refractivity contribution in [1.82, 2.24) is 31.7 Å². The maximum absolute atomic E-state index is 12.9. The van der Waals surface area contributed by atoms with Crippen molar-refractivity contribution in [3.8, 4) is 0 Å². The summed E-state index contributed by atoms with van der Waals surface area (Å²) in [5.74, 6) is 0.681. The van der Waals surface area contributed by atoms with Crippen LogP contribution in [0.15, 0.2) is 0 Å². The molecule has 28 heavy (non-hydrogen) atoms. The lowest BCUT2D eigenvalue weighted by Gasteiger charge is -2.37. The molecule has 3 fully saturated rings. The number of halogens is 3. The first kappa shape index (κ1) is 21.8. The van der Waals surface area contributed by atoms with E-state index >= 15 is 0 Å². The van der Waals surface area contributed by atoms with E-state index in [-0.39, 0.29) is 25.0 Å². The van der Waals surface area contributed by atoms with Crippen LogP contribution in [0.3, 0.4) is 0 Å². The highest BCUT2D eigenvalue weighted by Gasteiger charge is 2.43. The molecule has 5 unspecified atom stereocenters. The molecule has 162 valence electrons. The van der Waals surface area contributed by atoms with Gasteiger partial charge >= 0.3 is 6.18 Å². The third-order valence-corrected chi connectivity index (χ3v) is 6.40. The number of nitrogens with one attached hydrogen (secondary N) is 5. The number of hydrazine groups is 1. The first-order valence-corrected chi connectivity index (χ1v) is 10.3. The number of rotatable bonds is 5. The molecule has 0 bridgehead atoms. The lowest BCUT2D eigenvalue weighted by atomic mass is 9.77. The van der Waals surface area contributed by atoms with E-state index in [0.29, 0.717) is 18.0 Å². The van der Waals surface area contributed by atoms with Crippen LogP contribution in [0.2, 0.25) is 0 Å². The Balaban J connectivity index is 1.48. The summed E-state index contributed by atoms with van der Waals surface area (Å²) in [4.78, 5) is 14.8. The molecule has 5 N–H and O–H groups in total. The Morgan fingerprint density at radius 3 is 2.75 bits per heavy atom. The zero-order valence-corrected chi connectivity index (χ0v) is 16.6. The Hall–Kier alpha value is -0.940. The largest absolute Gasteiger partial charge is 0.405 e. The van der Waals surface area contributed by atoms with Crippen LogP contribution < -0.4 is 26.8 Å². The molecule has 0 radical (unpaired) electrons. The van der Waals surface area contributed by atoms with Crippen molar-refractivity contribution in [1.29, 1.82) is 0 Å². The second-order valence-electron chi connectivity index (χ2n) is 8.57. The molecule has 3 aliphatic rings. The molecular formula is C18H33F3N6O. The first-order valence-electron chi connectivity index (χ1n) is 10.3. The van der Waals surface area contributed by atoms with Crippen LogP contribution in [0.1, 0.15) is 39.0 Å². The summed E-state index contributed by atoms with van der Waals surface area (Å²) in [6, 6.07) is -2.49. The van der Waals surface area contributed by atoms with Gasteiger partial charge in [-0.2, -0.15) is 13.2 Å². The number of alkyl halides is 3. The lowest BCUT2D eigenvalue weighted by Crippen LogP contribution is -2.65. The van der Waals surface area contributed by atoms with Crippen LogP contribution in [-0.4, -0.2) is 68.1 Å². The Labute approximate surface area is 164 Å². The molecule has 1 aliphatic carbocycles. The fourth-order valence-corrected chi connectivity index (χ4v) is 4.58. The molecule has 1 amide bonds. The monoisotopic (exact) mass is 406 g/mol. The van der Waals surface area contributed by atoms with Gasteiger partial charge < -0.3 is 10.6 Å². The third-order valence-electron chi connectivity index (χ3n) is 6.40. The highest BCUT2D eigenvalue weighted by atomic mass is 19.4. The summed E-state index contributed by atoms with van der Waals surface area (Å²) < 4.78 is 38.8. The molecule has 0 aromatic heterocycles. The molecule has 2 saturated heterocycles. The number of hydrogen-bond donors (Lipinski definition) is 5. The molecule has 2 heterocycles. The molecule has 0 aromatic rings. The van der Waals surface area contributed by atoms with Crippen molar-refractivity contribution in [3.05, 3.63) is 0 Å². The number of amides is 1. The van der Waals surface area contributed by atoms with Gasteiger partial charge in [0.25, 0.3) is 0 Å². The number of piperazine rings is 1. The summed E-state index contributed by atoms with van der Waals surface area (Å²) in [6.07, 6.45) is 0.927. The van der Waals surface area contributed by atoms with Crippen molar-refractivity contribution in [2.75, 3.05) is 26.8 Å². The predicted molar refractivity (Wildman–Crippen MR) is 100.0 cm³/mol. The number of carbonyl (C=O) groups is 1. The van der Waals surface area contributed by atoms with Crippen molar-refractivity contribution < 1.29 is 18.0 Å². The van der Waals surface area contributed by atoms with E-state index in [0.717, 1.165) is 38.8 Å². The maximum atomic E-state index is 12.9. The summed E-state index contributed by atoms with van der Waals surface area (Å²) >= 11 is 0. The topological polar surface area (TPSA) is 80.5 Å². The van der Waals surface area contributed by atoms with E-state index in [4.69, 9.17) is 0 Å². The Bertz CT molecular complexity index is 534. The van der Waals surface area contributed by atoms with Gasteiger partial charge in [-0.05, 0) is 38.1 Å². The molecular weight excluding hydrogens is 373 g/mol. The minimum Gasteiger partial charge on any atom is -0.352 e. The number of nitrogens with zero attached hydrogens (tertiary/aromatic N) is 1. The highest BCUT2D eigenvalue weighted by Crippen LogP contribution is 2.33. The minimum atomic E-state index is -4.35. The van der Waals surface area contributed by atoms with Crippen LogP contribution in [0.4, 0.5) is 13.2 Å². The molecule has 6 atom stereocenters. The fraction of sp³-hybridized carbons (Fsp3) is 0.944. The second kappa shape index (κ2) is 9.25. The zero-order valence-electron chi connectivity index (χ0n) is 16.6. The van der Waals surface area contributed by atoms with Gasteiger partial charge in [0.05, 0.1) is 18.9 Å².